The Kier molecular flexibility index (Phi) is 9.27. The molecule has 0 aliphatic heterocycles. The van der Waals surface area contributed by atoms with Gasteiger partial charge in [-0.1, -0.05) is 34.1 Å². The van der Waals surface area contributed by atoms with Gasteiger partial charge >= 0.3 is 0 Å². The van der Waals surface area contributed by atoms with Gasteiger partial charge in [-0.25, -0.2) is 0 Å². The zero-order chi connectivity index (χ0) is 21.3. The van der Waals surface area contributed by atoms with Crippen LogP contribution in [-0.2, 0) is 12.8 Å². The van der Waals surface area contributed by atoms with Crippen molar-refractivity contribution in [3.05, 3.63) is 44.4 Å². The molecular formula is C21H34N2O4S2. The molecule has 2 N–H and O–H groups in total. The van der Waals surface area contributed by atoms with Crippen LogP contribution in [0.4, 0.5) is 0 Å². The number of aromatic nitrogens is 2. The zero-order valence-corrected chi connectivity index (χ0v) is 19.6. The quantitative estimate of drug-likeness (QED) is 0.411. The summed E-state index contributed by atoms with van der Waals surface area (Å²) >= 11 is 3.97. The second-order valence-electron chi connectivity index (χ2n) is 8.79. The zero-order valence-electron chi connectivity index (χ0n) is 18.0. The maximum Gasteiger partial charge on any atom is 0.283 e. The van der Waals surface area contributed by atoms with Crippen LogP contribution in [0.25, 0.3) is 0 Å². The number of hydrogen-bond acceptors (Lipinski definition) is 6. The Morgan fingerprint density at radius 1 is 0.828 bits per heavy atom. The molecule has 0 aliphatic rings. The Balaban J connectivity index is 1.58. The fourth-order valence-electron chi connectivity index (χ4n) is 3.23. The van der Waals surface area contributed by atoms with E-state index in [1.165, 1.54) is 6.26 Å². The standard InChI is InChI=1S/C21H34N2O4S2/c1-5-21(4,13-17-15-27-23-19(17)25)7-9-29-11-10-28-8-6-20(2,3)12-16-14-26-22-18(16)24/h14-15H,5-13H2,1-4H3,(H,22,24)(H,23,25). The van der Waals surface area contributed by atoms with Crippen LogP contribution in [0.2, 0.25) is 0 Å². The minimum absolute atomic E-state index is 0.0882. The summed E-state index contributed by atoms with van der Waals surface area (Å²) in [6.07, 6.45) is 7.78. The fourth-order valence-corrected chi connectivity index (χ4v) is 5.92. The maximum atomic E-state index is 11.7. The predicted molar refractivity (Wildman–Crippen MR) is 122 cm³/mol. The van der Waals surface area contributed by atoms with Gasteiger partial charge < -0.3 is 9.05 Å². The molecule has 1 unspecified atom stereocenters. The first kappa shape index (κ1) is 24.0. The molecule has 2 aromatic rings. The van der Waals surface area contributed by atoms with Crippen molar-refractivity contribution >= 4 is 23.5 Å². The summed E-state index contributed by atoms with van der Waals surface area (Å²) in [6.45, 7) is 8.84. The van der Waals surface area contributed by atoms with Gasteiger partial charge in [0.05, 0.1) is 11.1 Å². The van der Waals surface area contributed by atoms with E-state index in [4.69, 9.17) is 9.05 Å². The molecule has 8 heteroatoms. The van der Waals surface area contributed by atoms with E-state index in [1.54, 1.807) is 6.26 Å². The van der Waals surface area contributed by atoms with Gasteiger partial charge in [0.1, 0.15) is 12.5 Å². The van der Waals surface area contributed by atoms with Crippen LogP contribution in [0.1, 0.15) is 58.1 Å². The average Bonchev–Trinajstić information content (AvgIpc) is 3.25. The van der Waals surface area contributed by atoms with Crippen molar-refractivity contribution in [3.8, 4) is 0 Å². The first-order chi connectivity index (χ1) is 13.7. The van der Waals surface area contributed by atoms with E-state index in [0.717, 1.165) is 66.2 Å². The van der Waals surface area contributed by atoms with Crippen molar-refractivity contribution < 1.29 is 9.05 Å². The molecule has 164 valence electrons. The van der Waals surface area contributed by atoms with Gasteiger partial charge in [0, 0.05) is 11.5 Å². The van der Waals surface area contributed by atoms with E-state index in [1.807, 2.05) is 23.5 Å². The summed E-state index contributed by atoms with van der Waals surface area (Å²) in [6, 6.07) is 0. The SMILES string of the molecule is CCC(C)(CCSCCSCCC(C)(C)Cc1co[nH]c1=O)Cc1co[nH]c1=O. The number of rotatable bonds is 14. The van der Waals surface area contributed by atoms with Gasteiger partial charge in [-0.2, -0.15) is 33.8 Å². The van der Waals surface area contributed by atoms with Gasteiger partial charge in [0.2, 0.25) is 0 Å². The third kappa shape index (κ3) is 8.16. The maximum absolute atomic E-state index is 11.7. The molecule has 0 amide bonds. The Morgan fingerprint density at radius 3 is 1.83 bits per heavy atom. The van der Waals surface area contributed by atoms with Gasteiger partial charge in [-0.3, -0.25) is 9.59 Å². The lowest BCUT2D eigenvalue weighted by Gasteiger charge is -2.27. The highest BCUT2D eigenvalue weighted by atomic mass is 32.2. The number of aromatic amines is 2. The summed E-state index contributed by atoms with van der Waals surface area (Å²) in [5.41, 5.74) is 1.48. The summed E-state index contributed by atoms with van der Waals surface area (Å²) in [4.78, 5) is 23.3. The largest absolute Gasteiger partial charge is 0.387 e. The molecular weight excluding hydrogens is 408 g/mol. The first-order valence-corrected chi connectivity index (χ1v) is 12.5. The molecule has 29 heavy (non-hydrogen) atoms. The van der Waals surface area contributed by atoms with Crippen molar-refractivity contribution in [1.29, 1.82) is 0 Å². The van der Waals surface area contributed by atoms with Gasteiger partial charge in [-0.05, 0) is 48.0 Å². The van der Waals surface area contributed by atoms with E-state index in [-0.39, 0.29) is 21.9 Å². The van der Waals surface area contributed by atoms with Crippen molar-refractivity contribution in [1.82, 2.24) is 10.3 Å². The summed E-state index contributed by atoms with van der Waals surface area (Å²) in [7, 11) is 0. The van der Waals surface area contributed by atoms with Crippen LogP contribution in [0.15, 0.2) is 31.2 Å². The van der Waals surface area contributed by atoms with Crippen LogP contribution < -0.4 is 11.1 Å². The van der Waals surface area contributed by atoms with Crippen LogP contribution in [0, 0.1) is 10.8 Å². The molecule has 2 rings (SSSR count). The Morgan fingerprint density at radius 2 is 1.34 bits per heavy atom. The molecule has 0 radical (unpaired) electrons. The van der Waals surface area contributed by atoms with Gasteiger partial charge in [-0.15, -0.1) is 0 Å². The number of thioether (sulfide) groups is 2. The smallest absolute Gasteiger partial charge is 0.283 e. The fraction of sp³-hybridized carbons (Fsp3) is 0.714. The lowest BCUT2D eigenvalue weighted by Crippen LogP contribution is -2.23. The summed E-state index contributed by atoms with van der Waals surface area (Å²) < 4.78 is 9.78. The van der Waals surface area contributed by atoms with Crippen LogP contribution >= 0.6 is 23.5 Å². The summed E-state index contributed by atoms with van der Waals surface area (Å²) in [5.74, 6) is 4.48. The average molecular weight is 443 g/mol. The van der Waals surface area contributed by atoms with E-state index >= 15 is 0 Å². The van der Waals surface area contributed by atoms with Gasteiger partial charge in [0.15, 0.2) is 0 Å². The Labute approximate surface area is 180 Å². The second kappa shape index (κ2) is 11.2. The Hall–Kier alpha value is -1.28. The lowest BCUT2D eigenvalue weighted by molar-refractivity contribution is 0.297. The molecule has 2 heterocycles. The van der Waals surface area contributed by atoms with E-state index in [9.17, 15) is 9.59 Å². The molecule has 0 saturated heterocycles. The van der Waals surface area contributed by atoms with Crippen molar-refractivity contribution in [2.45, 2.75) is 59.8 Å². The molecule has 0 aromatic carbocycles. The normalized spacial score (nSPS) is 14.2. The van der Waals surface area contributed by atoms with E-state index < -0.39 is 0 Å². The number of nitrogens with one attached hydrogen (secondary N) is 2. The second-order valence-corrected chi connectivity index (χ2v) is 11.2. The minimum atomic E-state index is -0.112. The minimum Gasteiger partial charge on any atom is -0.387 e. The van der Waals surface area contributed by atoms with E-state index in [2.05, 4.69) is 38.0 Å². The molecule has 2 aromatic heterocycles. The van der Waals surface area contributed by atoms with Crippen LogP contribution in [0.3, 0.4) is 0 Å². The molecule has 6 nitrogen and oxygen atoms in total. The Bertz CT molecular complexity index is 836. The van der Waals surface area contributed by atoms with Crippen LogP contribution in [-0.4, -0.2) is 33.3 Å². The third-order valence-corrected chi connectivity index (χ3v) is 7.80. The molecule has 0 bridgehead atoms. The van der Waals surface area contributed by atoms with Crippen LogP contribution in [0.5, 0.6) is 0 Å². The number of H-pyrrole nitrogens is 2. The molecule has 1 atom stereocenters. The molecule has 0 fully saturated rings. The number of hydrogen-bond donors (Lipinski definition) is 2. The summed E-state index contributed by atoms with van der Waals surface area (Å²) in [5, 5.41) is 4.73. The molecule has 0 aliphatic carbocycles. The topological polar surface area (TPSA) is 92.0 Å². The van der Waals surface area contributed by atoms with Crippen molar-refractivity contribution in [2.24, 2.45) is 10.8 Å². The van der Waals surface area contributed by atoms with Gasteiger partial charge in [0.25, 0.3) is 11.1 Å². The van der Waals surface area contributed by atoms with Crippen molar-refractivity contribution in [3.63, 3.8) is 0 Å². The highest BCUT2D eigenvalue weighted by Crippen LogP contribution is 2.31. The van der Waals surface area contributed by atoms with E-state index in [0.29, 0.717) is 0 Å². The first-order valence-electron chi connectivity index (χ1n) is 10.2. The highest BCUT2D eigenvalue weighted by molar-refractivity contribution is 8.02. The van der Waals surface area contributed by atoms with Crippen molar-refractivity contribution in [2.75, 3.05) is 23.0 Å². The highest BCUT2D eigenvalue weighted by Gasteiger charge is 2.24. The third-order valence-electron chi connectivity index (χ3n) is 5.57. The molecule has 0 spiro atoms. The predicted octanol–water partition coefficient (Wildman–Crippen LogP) is 4.72. The lowest BCUT2D eigenvalue weighted by atomic mass is 9.79. The monoisotopic (exact) mass is 442 g/mol. The molecule has 0 saturated carbocycles.